The third kappa shape index (κ3) is 2.97. The van der Waals surface area contributed by atoms with Crippen molar-refractivity contribution in [3.05, 3.63) is 0 Å². The molecule has 2 atom stereocenters. The number of nitrogens with one attached hydrogen (secondary N) is 1. The van der Waals surface area contributed by atoms with E-state index >= 15 is 0 Å². The number of imide groups is 1. The molecule has 9 heteroatoms. The lowest BCUT2D eigenvalue weighted by Crippen LogP contribution is -2.63. The summed E-state index contributed by atoms with van der Waals surface area (Å²) in [7, 11) is 1.59. The molecular formula is C12H18N4O4S. The van der Waals surface area contributed by atoms with Gasteiger partial charge in [0.15, 0.2) is 17.4 Å². The normalized spacial score (nSPS) is 24.6. The van der Waals surface area contributed by atoms with Crippen LogP contribution in [0.4, 0.5) is 4.79 Å². The number of esters is 1. The molecule has 0 aromatic carbocycles. The lowest BCUT2D eigenvalue weighted by Gasteiger charge is -2.35. The topological polar surface area (TPSA) is 91.3 Å². The molecule has 8 nitrogen and oxygen atoms in total. The van der Waals surface area contributed by atoms with Gasteiger partial charge in [-0.3, -0.25) is 14.9 Å². The van der Waals surface area contributed by atoms with Gasteiger partial charge in [0.25, 0.3) is 5.91 Å². The Morgan fingerprint density at radius 3 is 2.76 bits per heavy atom. The highest BCUT2D eigenvalue weighted by Gasteiger charge is 2.48. The van der Waals surface area contributed by atoms with Crippen LogP contribution in [0.2, 0.25) is 0 Å². The van der Waals surface area contributed by atoms with Gasteiger partial charge in [-0.15, -0.1) is 0 Å². The molecule has 1 saturated heterocycles. The summed E-state index contributed by atoms with van der Waals surface area (Å²) in [4.78, 5) is 42.7. The molecule has 0 radical (unpaired) electrons. The molecule has 1 N–H and O–H groups in total. The van der Waals surface area contributed by atoms with Crippen molar-refractivity contribution in [1.29, 1.82) is 0 Å². The highest BCUT2D eigenvalue weighted by molar-refractivity contribution is 8.14. The second kappa shape index (κ2) is 6.33. The summed E-state index contributed by atoms with van der Waals surface area (Å²) in [6, 6.07) is -1.000. The van der Waals surface area contributed by atoms with Gasteiger partial charge in [-0.25, -0.2) is 9.79 Å². The summed E-state index contributed by atoms with van der Waals surface area (Å²) >= 11 is 1.22. The van der Waals surface area contributed by atoms with Crippen LogP contribution in [0.15, 0.2) is 4.99 Å². The Balaban J connectivity index is 2.12. The number of carbonyl (C=O) groups is 3. The van der Waals surface area contributed by atoms with Gasteiger partial charge in [-0.2, -0.15) is 0 Å². The van der Waals surface area contributed by atoms with Crippen molar-refractivity contribution >= 4 is 34.8 Å². The highest BCUT2D eigenvalue weighted by Crippen LogP contribution is 2.28. The van der Waals surface area contributed by atoms with Crippen molar-refractivity contribution in [2.45, 2.75) is 26.1 Å². The van der Waals surface area contributed by atoms with Crippen LogP contribution >= 0.6 is 11.8 Å². The second-order valence-corrected chi connectivity index (χ2v) is 5.50. The molecule has 0 bridgehead atoms. The number of amides is 3. The molecule has 0 spiro atoms. The van der Waals surface area contributed by atoms with E-state index in [0.717, 1.165) is 0 Å². The minimum atomic E-state index is -0.545. The Morgan fingerprint density at radius 1 is 1.43 bits per heavy atom. The van der Waals surface area contributed by atoms with Crippen LogP contribution < -0.4 is 5.32 Å². The van der Waals surface area contributed by atoms with E-state index in [1.54, 1.807) is 18.9 Å². The Labute approximate surface area is 126 Å². The Kier molecular flexibility index (Phi) is 4.71. The molecule has 1 fully saturated rings. The number of fused-ring (bicyclic) bond motifs is 1. The zero-order valence-corrected chi connectivity index (χ0v) is 13.0. The highest BCUT2D eigenvalue weighted by atomic mass is 32.2. The lowest BCUT2D eigenvalue weighted by atomic mass is 10.1. The largest absolute Gasteiger partial charge is 0.465 e. The molecule has 2 aliphatic heterocycles. The molecule has 2 rings (SSSR count). The number of likely N-dealkylation sites (N-methyl/N-ethyl adjacent to an activating group) is 2. The van der Waals surface area contributed by atoms with E-state index < -0.39 is 18.2 Å². The number of carbonyl (C=O) groups excluding carboxylic acids is 3. The molecule has 2 unspecified atom stereocenters. The van der Waals surface area contributed by atoms with Gasteiger partial charge < -0.3 is 14.5 Å². The van der Waals surface area contributed by atoms with Gasteiger partial charge in [0.05, 0.1) is 12.4 Å². The number of rotatable bonds is 4. The molecule has 3 amide bonds. The SMILES string of the molecule is CCOC(=O)CSC1=NC2C(C(=O)NC(=O)N2C)N1CC. The predicted octanol–water partition coefficient (Wildman–Crippen LogP) is -0.149. The van der Waals surface area contributed by atoms with Crippen LogP contribution in [0.1, 0.15) is 13.8 Å². The number of amidine groups is 1. The van der Waals surface area contributed by atoms with Crippen molar-refractivity contribution in [3.8, 4) is 0 Å². The first-order valence-corrected chi connectivity index (χ1v) is 7.68. The standard InChI is InChI=1S/C12H18N4O4S/c1-4-16-8-9(15(3)11(19)14-10(8)18)13-12(16)21-6-7(17)20-5-2/h8-9H,4-6H2,1-3H3,(H,14,18,19). The second-order valence-electron chi connectivity index (χ2n) is 4.56. The third-order valence-corrected chi connectivity index (χ3v) is 4.27. The Hall–Kier alpha value is -1.77. The van der Waals surface area contributed by atoms with Crippen LogP contribution in [-0.2, 0) is 14.3 Å². The summed E-state index contributed by atoms with van der Waals surface area (Å²) in [6.45, 7) is 4.53. The fourth-order valence-electron chi connectivity index (χ4n) is 2.28. The number of ether oxygens (including phenoxy) is 1. The monoisotopic (exact) mass is 314 g/mol. The van der Waals surface area contributed by atoms with Crippen LogP contribution in [0, 0.1) is 0 Å². The molecule has 2 heterocycles. The number of urea groups is 1. The van der Waals surface area contributed by atoms with Gasteiger partial charge >= 0.3 is 12.0 Å². The lowest BCUT2D eigenvalue weighted by molar-refractivity contribution is -0.139. The maximum Gasteiger partial charge on any atom is 0.325 e. The smallest absolute Gasteiger partial charge is 0.325 e. The van der Waals surface area contributed by atoms with E-state index in [9.17, 15) is 14.4 Å². The van der Waals surface area contributed by atoms with Crippen molar-refractivity contribution < 1.29 is 19.1 Å². The van der Waals surface area contributed by atoms with Gasteiger partial charge in [-0.1, -0.05) is 11.8 Å². The number of nitrogens with zero attached hydrogens (tertiary/aromatic N) is 3. The van der Waals surface area contributed by atoms with Crippen LogP contribution in [-0.4, -0.2) is 71.0 Å². The minimum absolute atomic E-state index is 0.127. The molecule has 2 aliphatic rings. The van der Waals surface area contributed by atoms with E-state index in [2.05, 4.69) is 10.3 Å². The average molecular weight is 314 g/mol. The Morgan fingerprint density at radius 2 is 2.14 bits per heavy atom. The maximum absolute atomic E-state index is 12.0. The minimum Gasteiger partial charge on any atom is -0.465 e. The zero-order valence-electron chi connectivity index (χ0n) is 12.2. The molecular weight excluding hydrogens is 296 g/mol. The van der Waals surface area contributed by atoms with E-state index in [1.807, 2.05) is 6.92 Å². The van der Waals surface area contributed by atoms with Crippen LogP contribution in [0.5, 0.6) is 0 Å². The molecule has 0 aromatic rings. The fourth-order valence-corrected chi connectivity index (χ4v) is 3.20. The third-order valence-electron chi connectivity index (χ3n) is 3.29. The molecule has 0 saturated carbocycles. The van der Waals surface area contributed by atoms with Crippen molar-refractivity contribution in [2.24, 2.45) is 4.99 Å². The summed E-state index contributed by atoms with van der Waals surface area (Å²) in [6.07, 6.45) is -0.545. The van der Waals surface area contributed by atoms with Crippen LogP contribution in [0.25, 0.3) is 0 Å². The van der Waals surface area contributed by atoms with Crippen molar-refractivity contribution in [2.75, 3.05) is 26.0 Å². The summed E-state index contributed by atoms with van der Waals surface area (Å²) in [5, 5.41) is 2.88. The first-order valence-electron chi connectivity index (χ1n) is 6.70. The molecule has 0 aromatic heterocycles. The van der Waals surface area contributed by atoms with E-state index in [-0.39, 0.29) is 17.6 Å². The van der Waals surface area contributed by atoms with E-state index in [4.69, 9.17) is 4.74 Å². The Bertz CT molecular complexity index is 496. The quantitative estimate of drug-likeness (QED) is 0.726. The maximum atomic E-state index is 12.0. The van der Waals surface area contributed by atoms with Gasteiger partial charge in [0.2, 0.25) is 0 Å². The summed E-state index contributed by atoms with van der Waals surface area (Å²) in [5.74, 6) is -0.563. The average Bonchev–Trinajstić information content (AvgIpc) is 2.82. The van der Waals surface area contributed by atoms with Gasteiger partial charge in [-0.05, 0) is 13.8 Å². The molecule has 116 valence electrons. The first kappa shape index (κ1) is 15.6. The molecule has 21 heavy (non-hydrogen) atoms. The zero-order chi connectivity index (χ0) is 15.6. The number of hydrogen-bond acceptors (Lipinski definition) is 7. The summed E-state index contributed by atoms with van der Waals surface area (Å²) in [5.41, 5.74) is 0. The van der Waals surface area contributed by atoms with E-state index in [0.29, 0.717) is 18.3 Å². The number of thioether (sulfide) groups is 1. The fraction of sp³-hybridized carbons (Fsp3) is 0.667. The van der Waals surface area contributed by atoms with Gasteiger partial charge in [0, 0.05) is 13.6 Å². The summed E-state index contributed by atoms with van der Waals surface area (Å²) < 4.78 is 4.87. The van der Waals surface area contributed by atoms with E-state index in [1.165, 1.54) is 16.7 Å². The van der Waals surface area contributed by atoms with Crippen LogP contribution in [0.3, 0.4) is 0 Å². The van der Waals surface area contributed by atoms with Gasteiger partial charge in [0.1, 0.15) is 0 Å². The predicted molar refractivity (Wildman–Crippen MR) is 77.8 cm³/mol. The number of aliphatic imine (C=N–C) groups is 1. The first-order chi connectivity index (χ1) is 9.99. The van der Waals surface area contributed by atoms with Crippen molar-refractivity contribution in [3.63, 3.8) is 0 Å². The number of hydrogen-bond donors (Lipinski definition) is 1. The van der Waals surface area contributed by atoms with Crippen molar-refractivity contribution in [1.82, 2.24) is 15.1 Å². The molecule has 0 aliphatic carbocycles.